The van der Waals surface area contributed by atoms with Crippen LogP contribution in [0.4, 0.5) is 9.59 Å². The summed E-state index contributed by atoms with van der Waals surface area (Å²) in [5.41, 5.74) is 0. The van der Waals surface area contributed by atoms with Gasteiger partial charge in [-0.1, -0.05) is 36.4 Å². The lowest BCUT2D eigenvalue weighted by Crippen LogP contribution is -2.37. The Balaban J connectivity index is 1.16. The van der Waals surface area contributed by atoms with Gasteiger partial charge in [-0.25, -0.2) is 9.59 Å². The fourth-order valence-electron chi connectivity index (χ4n) is 4.71. The highest BCUT2D eigenvalue weighted by atomic mass is 16.6. The molecule has 2 saturated carbocycles. The maximum Gasteiger partial charge on any atom is 0.412 e. The molecule has 2 bridgehead atoms. The van der Waals surface area contributed by atoms with Gasteiger partial charge in [0.1, 0.15) is 11.5 Å². The summed E-state index contributed by atoms with van der Waals surface area (Å²) in [6.07, 6.45) is 2.52. The van der Waals surface area contributed by atoms with Crippen molar-refractivity contribution < 1.29 is 19.1 Å². The maximum atomic E-state index is 12.0. The quantitative estimate of drug-likeness (QED) is 0.769. The van der Waals surface area contributed by atoms with Crippen LogP contribution in [0.25, 0.3) is 0 Å². The van der Waals surface area contributed by atoms with Crippen molar-refractivity contribution in [2.45, 2.75) is 19.3 Å². The van der Waals surface area contributed by atoms with E-state index in [-0.39, 0.29) is 0 Å². The van der Waals surface area contributed by atoms with E-state index in [4.69, 9.17) is 9.47 Å². The smallest absolute Gasteiger partial charge is 0.410 e. The van der Waals surface area contributed by atoms with Crippen LogP contribution in [0.2, 0.25) is 0 Å². The van der Waals surface area contributed by atoms with Gasteiger partial charge in [0.2, 0.25) is 0 Å². The zero-order valence-corrected chi connectivity index (χ0v) is 16.3. The molecule has 0 saturated heterocycles. The van der Waals surface area contributed by atoms with Crippen molar-refractivity contribution in [1.82, 2.24) is 10.6 Å². The van der Waals surface area contributed by atoms with Crippen molar-refractivity contribution in [3.63, 3.8) is 0 Å². The van der Waals surface area contributed by atoms with Gasteiger partial charge in [0, 0.05) is 13.1 Å². The molecule has 6 heteroatoms. The third kappa shape index (κ3) is 5.08. The van der Waals surface area contributed by atoms with Gasteiger partial charge in [-0.05, 0) is 67.2 Å². The third-order valence-electron chi connectivity index (χ3n) is 6.07. The minimum Gasteiger partial charge on any atom is -0.410 e. The number of rotatable bonds is 6. The number of carbonyl (C=O) groups excluding carboxylic acids is 2. The van der Waals surface area contributed by atoms with Crippen LogP contribution >= 0.6 is 0 Å². The van der Waals surface area contributed by atoms with Crippen LogP contribution in [-0.4, -0.2) is 25.3 Å². The molecule has 2 fully saturated rings. The van der Waals surface area contributed by atoms with Crippen molar-refractivity contribution in [1.29, 1.82) is 0 Å². The second-order valence-electron chi connectivity index (χ2n) is 7.91. The van der Waals surface area contributed by atoms with E-state index in [9.17, 15) is 9.59 Å². The Morgan fingerprint density at radius 3 is 1.48 bits per heavy atom. The second kappa shape index (κ2) is 8.99. The molecule has 2 amide bonds. The zero-order valence-electron chi connectivity index (χ0n) is 16.3. The van der Waals surface area contributed by atoms with Crippen molar-refractivity contribution in [3.8, 4) is 11.5 Å². The van der Waals surface area contributed by atoms with E-state index in [0.29, 0.717) is 48.3 Å². The van der Waals surface area contributed by atoms with Gasteiger partial charge in [0.15, 0.2) is 0 Å². The number of amides is 2. The Kier molecular flexibility index (Phi) is 5.98. The molecular formula is C23H26N2O4. The second-order valence-corrected chi connectivity index (χ2v) is 7.91. The van der Waals surface area contributed by atoms with Gasteiger partial charge in [-0.2, -0.15) is 0 Å². The molecule has 6 nitrogen and oxygen atoms in total. The number of ether oxygens (including phenoxy) is 2. The molecule has 152 valence electrons. The van der Waals surface area contributed by atoms with Crippen molar-refractivity contribution in [2.24, 2.45) is 23.7 Å². The van der Waals surface area contributed by atoms with Gasteiger partial charge < -0.3 is 20.1 Å². The molecule has 4 atom stereocenters. The van der Waals surface area contributed by atoms with Gasteiger partial charge in [-0.15, -0.1) is 0 Å². The zero-order chi connectivity index (χ0) is 20.1. The first-order chi connectivity index (χ1) is 14.2. The van der Waals surface area contributed by atoms with E-state index in [0.717, 1.165) is 12.8 Å². The monoisotopic (exact) mass is 394 g/mol. The molecule has 2 aromatic carbocycles. The van der Waals surface area contributed by atoms with Crippen LogP contribution in [-0.2, 0) is 0 Å². The van der Waals surface area contributed by atoms with Crippen LogP contribution in [0.5, 0.6) is 11.5 Å². The summed E-state index contributed by atoms with van der Waals surface area (Å²) >= 11 is 0. The highest BCUT2D eigenvalue weighted by molar-refractivity contribution is 5.70. The number of carbonyl (C=O) groups is 2. The lowest BCUT2D eigenvalue weighted by molar-refractivity contribution is 0.185. The van der Waals surface area contributed by atoms with Gasteiger partial charge in [0.25, 0.3) is 0 Å². The maximum absolute atomic E-state index is 12.0. The third-order valence-corrected chi connectivity index (χ3v) is 6.07. The molecule has 4 rings (SSSR count). The number of fused-ring (bicyclic) bond motifs is 2. The summed E-state index contributed by atoms with van der Waals surface area (Å²) in [5.74, 6) is 3.24. The van der Waals surface area contributed by atoms with E-state index in [1.54, 1.807) is 24.3 Å². The molecule has 29 heavy (non-hydrogen) atoms. The van der Waals surface area contributed by atoms with Crippen LogP contribution in [0.3, 0.4) is 0 Å². The van der Waals surface area contributed by atoms with Crippen molar-refractivity contribution >= 4 is 12.2 Å². The number of benzene rings is 2. The van der Waals surface area contributed by atoms with Gasteiger partial charge >= 0.3 is 12.2 Å². The minimum atomic E-state index is -0.402. The number of para-hydroxylation sites is 2. The molecule has 2 N–H and O–H groups in total. The van der Waals surface area contributed by atoms with Crippen molar-refractivity contribution in [2.75, 3.05) is 13.1 Å². The van der Waals surface area contributed by atoms with E-state index in [2.05, 4.69) is 10.6 Å². The lowest BCUT2D eigenvalue weighted by atomic mass is 9.82. The minimum absolute atomic E-state index is 0.402. The number of hydrogen-bond acceptors (Lipinski definition) is 4. The fourth-order valence-corrected chi connectivity index (χ4v) is 4.71. The summed E-state index contributed by atoms with van der Waals surface area (Å²) in [6, 6.07) is 18.2. The summed E-state index contributed by atoms with van der Waals surface area (Å²) in [5, 5.41) is 5.80. The van der Waals surface area contributed by atoms with Crippen molar-refractivity contribution in [3.05, 3.63) is 60.7 Å². The Bertz CT molecular complexity index is 758. The fraction of sp³-hybridized carbons (Fsp3) is 0.391. The van der Waals surface area contributed by atoms with Gasteiger partial charge in [-0.3, -0.25) is 0 Å². The highest BCUT2D eigenvalue weighted by Gasteiger charge is 2.45. The van der Waals surface area contributed by atoms with Gasteiger partial charge in [0.05, 0.1) is 0 Å². The predicted octanol–water partition coefficient (Wildman–Crippen LogP) is 4.23. The molecule has 0 heterocycles. The van der Waals surface area contributed by atoms with E-state index < -0.39 is 12.2 Å². The Labute approximate surface area is 170 Å². The van der Waals surface area contributed by atoms with E-state index in [1.807, 2.05) is 36.4 Å². The summed E-state index contributed by atoms with van der Waals surface area (Å²) in [6.45, 7) is 1.28. The first-order valence-electron chi connectivity index (χ1n) is 10.2. The van der Waals surface area contributed by atoms with Crippen LogP contribution in [0.15, 0.2) is 60.7 Å². The first-order valence-corrected chi connectivity index (χ1v) is 10.2. The standard InChI is InChI=1S/C23H26N2O4/c26-22(28-20-7-3-1-4-8-20)24-14-18-12-17-11-16(18)13-19(17)15-25-23(27)29-21-9-5-2-6-10-21/h1-10,16-19H,11-15H2,(H,24,26)(H,25,27). The SMILES string of the molecule is O=C(NCC1CC2CC1CC2CNC(=O)Oc1ccccc1)Oc1ccccc1. The average Bonchev–Trinajstić information content (AvgIpc) is 3.32. The predicted molar refractivity (Wildman–Crippen MR) is 109 cm³/mol. The molecule has 4 unspecified atom stereocenters. The molecule has 0 aliphatic heterocycles. The van der Waals surface area contributed by atoms with Crippen LogP contribution in [0, 0.1) is 23.7 Å². The van der Waals surface area contributed by atoms with Crippen LogP contribution in [0.1, 0.15) is 19.3 Å². The Hall–Kier alpha value is -3.02. The Morgan fingerprint density at radius 2 is 1.10 bits per heavy atom. The molecule has 2 aliphatic rings. The summed E-state index contributed by atoms with van der Waals surface area (Å²) < 4.78 is 10.6. The molecule has 0 aromatic heterocycles. The molecular weight excluding hydrogens is 368 g/mol. The molecule has 2 aliphatic carbocycles. The largest absolute Gasteiger partial charge is 0.412 e. The van der Waals surface area contributed by atoms with E-state index in [1.165, 1.54) is 6.42 Å². The molecule has 2 aromatic rings. The number of hydrogen-bond donors (Lipinski definition) is 2. The lowest BCUT2D eigenvalue weighted by Gasteiger charge is -2.28. The average molecular weight is 394 g/mol. The summed E-state index contributed by atoms with van der Waals surface area (Å²) in [7, 11) is 0. The topological polar surface area (TPSA) is 76.7 Å². The van der Waals surface area contributed by atoms with Crippen LogP contribution < -0.4 is 20.1 Å². The Morgan fingerprint density at radius 1 is 0.690 bits per heavy atom. The first kappa shape index (κ1) is 19.3. The highest BCUT2D eigenvalue weighted by Crippen LogP contribution is 2.51. The number of nitrogens with one attached hydrogen (secondary N) is 2. The van der Waals surface area contributed by atoms with E-state index >= 15 is 0 Å². The molecule has 0 spiro atoms. The molecule has 0 radical (unpaired) electrons. The normalized spacial score (nSPS) is 24.7. The summed E-state index contributed by atoms with van der Waals surface area (Å²) in [4.78, 5) is 23.9.